The summed E-state index contributed by atoms with van der Waals surface area (Å²) in [5, 5.41) is 13.0. The molecule has 4 nitrogen and oxygen atoms in total. The van der Waals surface area contributed by atoms with Crippen molar-refractivity contribution in [1.29, 1.82) is 0 Å². The molecule has 0 aliphatic carbocycles. The molecule has 2 atom stereocenters. The van der Waals surface area contributed by atoms with Gasteiger partial charge >= 0.3 is 0 Å². The zero-order valence-corrected chi connectivity index (χ0v) is 13.0. The Hall–Kier alpha value is -0.160. The molecule has 2 N–H and O–H groups in total. The molecule has 1 aliphatic heterocycles. The zero-order chi connectivity index (χ0) is 14.1. The van der Waals surface area contributed by atoms with Crippen LogP contribution < -0.4 is 5.32 Å². The van der Waals surface area contributed by atoms with Crippen LogP contribution in [0.4, 0.5) is 0 Å². The van der Waals surface area contributed by atoms with E-state index in [2.05, 4.69) is 24.1 Å². The fourth-order valence-corrected chi connectivity index (χ4v) is 2.78. The fraction of sp³-hybridized carbons (Fsp3) is 1.00. The number of hydrogen-bond donors (Lipinski definition) is 2. The summed E-state index contributed by atoms with van der Waals surface area (Å²) < 4.78 is 5.27. The van der Waals surface area contributed by atoms with E-state index in [-0.39, 0.29) is 12.1 Å². The van der Waals surface area contributed by atoms with E-state index in [4.69, 9.17) is 4.74 Å². The van der Waals surface area contributed by atoms with Crippen molar-refractivity contribution in [1.82, 2.24) is 10.2 Å². The number of hydrogen-bond acceptors (Lipinski definition) is 4. The van der Waals surface area contributed by atoms with E-state index in [0.717, 1.165) is 39.1 Å². The molecule has 0 aromatic carbocycles. The molecule has 0 amide bonds. The van der Waals surface area contributed by atoms with E-state index >= 15 is 0 Å². The van der Waals surface area contributed by atoms with Gasteiger partial charge in [-0.05, 0) is 58.2 Å². The molecule has 0 saturated carbocycles. The average molecular weight is 272 g/mol. The third-order valence-electron chi connectivity index (χ3n) is 4.14. The van der Waals surface area contributed by atoms with Gasteiger partial charge in [0.1, 0.15) is 0 Å². The van der Waals surface area contributed by atoms with E-state index in [1.165, 1.54) is 19.4 Å². The number of nitrogens with one attached hydrogen (secondary N) is 1. The monoisotopic (exact) mass is 272 g/mol. The topological polar surface area (TPSA) is 44.7 Å². The fourth-order valence-electron chi connectivity index (χ4n) is 2.78. The summed E-state index contributed by atoms with van der Waals surface area (Å²) in [6.45, 7) is 9.74. The van der Waals surface area contributed by atoms with Crippen LogP contribution in [0.15, 0.2) is 0 Å². The summed E-state index contributed by atoms with van der Waals surface area (Å²) in [6, 6.07) is 0. The molecule has 1 fully saturated rings. The van der Waals surface area contributed by atoms with Crippen molar-refractivity contribution in [3.05, 3.63) is 0 Å². The highest BCUT2D eigenvalue weighted by Crippen LogP contribution is 2.18. The molecule has 0 spiro atoms. The van der Waals surface area contributed by atoms with Crippen LogP contribution in [0.5, 0.6) is 0 Å². The Bertz CT molecular complexity index is 236. The van der Waals surface area contributed by atoms with E-state index < -0.39 is 0 Å². The standard InChI is InChI=1S/C15H32N2O2/c1-4-8-16-15(2,13-18)7-10-17-9-5-6-14(11-17)12-19-3/h14,16,18H,4-13H2,1-3H3. The SMILES string of the molecule is CCCNC(C)(CO)CCN1CCCC(COC)C1. The Morgan fingerprint density at radius 3 is 2.89 bits per heavy atom. The normalized spacial score (nSPS) is 24.3. The van der Waals surface area contributed by atoms with Gasteiger partial charge in [-0.3, -0.25) is 0 Å². The molecule has 0 bridgehead atoms. The summed E-state index contributed by atoms with van der Waals surface area (Å²) in [6.07, 6.45) is 4.67. The van der Waals surface area contributed by atoms with Crippen molar-refractivity contribution >= 4 is 0 Å². The number of aliphatic hydroxyl groups excluding tert-OH is 1. The number of piperidine rings is 1. The average Bonchev–Trinajstić information content (AvgIpc) is 2.44. The van der Waals surface area contributed by atoms with Crippen molar-refractivity contribution in [2.75, 3.05) is 46.5 Å². The highest BCUT2D eigenvalue weighted by Gasteiger charge is 2.25. The second-order valence-electron chi connectivity index (χ2n) is 6.16. The van der Waals surface area contributed by atoms with Crippen molar-refractivity contribution < 1.29 is 9.84 Å². The molecule has 1 rings (SSSR count). The molecule has 114 valence electrons. The predicted octanol–water partition coefficient (Wildman–Crippen LogP) is 1.49. The minimum atomic E-state index is -0.135. The first-order valence-electron chi connectivity index (χ1n) is 7.70. The summed E-state index contributed by atoms with van der Waals surface area (Å²) in [5.41, 5.74) is -0.135. The van der Waals surface area contributed by atoms with Crippen LogP contribution in [0.1, 0.15) is 39.5 Å². The number of aliphatic hydroxyl groups is 1. The molecule has 19 heavy (non-hydrogen) atoms. The zero-order valence-electron chi connectivity index (χ0n) is 13.0. The number of rotatable bonds is 9. The van der Waals surface area contributed by atoms with Crippen LogP contribution in [0.2, 0.25) is 0 Å². The number of methoxy groups -OCH3 is 1. The maximum Gasteiger partial charge on any atom is 0.0611 e. The maximum atomic E-state index is 9.58. The van der Waals surface area contributed by atoms with Gasteiger partial charge in [-0.2, -0.15) is 0 Å². The maximum absolute atomic E-state index is 9.58. The largest absolute Gasteiger partial charge is 0.394 e. The lowest BCUT2D eigenvalue weighted by Crippen LogP contribution is -2.49. The van der Waals surface area contributed by atoms with Crippen LogP contribution in [0.3, 0.4) is 0 Å². The molecule has 1 saturated heterocycles. The van der Waals surface area contributed by atoms with Crippen molar-refractivity contribution in [2.24, 2.45) is 5.92 Å². The molecule has 0 aromatic rings. The molecule has 0 aromatic heterocycles. The van der Waals surface area contributed by atoms with Crippen molar-refractivity contribution in [3.63, 3.8) is 0 Å². The molecular formula is C15H32N2O2. The van der Waals surface area contributed by atoms with Gasteiger partial charge in [0.05, 0.1) is 13.2 Å². The Morgan fingerprint density at radius 1 is 1.47 bits per heavy atom. The lowest BCUT2D eigenvalue weighted by Gasteiger charge is -2.36. The third-order valence-corrected chi connectivity index (χ3v) is 4.14. The first-order valence-corrected chi connectivity index (χ1v) is 7.70. The van der Waals surface area contributed by atoms with Crippen molar-refractivity contribution in [3.8, 4) is 0 Å². The van der Waals surface area contributed by atoms with E-state index in [9.17, 15) is 5.11 Å². The van der Waals surface area contributed by atoms with Gasteiger partial charge in [-0.25, -0.2) is 0 Å². The van der Waals surface area contributed by atoms with Gasteiger partial charge in [0.2, 0.25) is 0 Å². The number of nitrogens with zero attached hydrogens (tertiary/aromatic N) is 1. The van der Waals surface area contributed by atoms with E-state index in [1.807, 2.05) is 0 Å². The Balaban J connectivity index is 2.32. The van der Waals surface area contributed by atoms with Crippen LogP contribution in [0.25, 0.3) is 0 Å². The Labute approximate surface area is 118 Å². The smallest absolute Gasteiger partial charge is 0.0611 e. The second-order valence-corrected chi connectivity index (χ2v) is 6.16. The van der Waals surface area contributed by atoms with Crippen molar-refractivity contribution in [2.45, 2.75) is 45.1 Å². The van der Waals surface area contributed by atoms with Crippen LogP contribution in [0, 0.1) is 5.92 Å². The van der Waals surface area contributed by atoms with Gasteiger partial charge in [0.15, 0.2) is 0 Å². The molecular weight excluding hydrogens is 240 g/mol. The number of ether oxygens (including phenoxy) is 1. The molecule has 0 radical (unpaired) electrons. The lowest BCUT2D eigenvalue weighted by molar-refractivity contribution is 0.0798. The highest BCUT2D eigenvalue weighted by atomic mass is 16.5. The lowest BCUT2D eigenvalue weighted by atomic mass is 9.95. The number of likely N-dealkylation sites (tertiary alicyclic amines) is 1. The predicted molar refractivity (Wildman–Crippen MR) is 79.4 cm³/mol. The highest BCUT2D eigenvalue weighted by molar-refractivity contribution is 4.84. The Morgan fingerprint density at radius 2 is 2.26 bits per heavy atom. The molecule has 1 heterocycles. The van der Waals surface area contributed by atoms with E-state index in [0.29, 0.717) is 5.92 Å². The third kappa shape index (κ3) is 6.21. The summed E-state index contributed by atoms with van der Waals surface area (Å²) in [5.74, 6) is 0.683. The molecule has 2 unspecified atom stereocenters. The summed E-state index contributed by atoms with van der Waals surface area (Å²) >= 11 is 0. The summed E-state index contributed by atoms with van der Waals surface area (Å²) in [7, 11) is 1.79. The quantitative estimate of drug-likeness (QED) is 0.667. The van der Waals surface area contributed by atoms with Crippen LogP contribution >= 0.6 is 0 Å². The van der Waals surface area contributed by atoms with Crippen LogP contribution in [-0.2, 0) is 4.74 Å². The second kappa shape index (κ2) is 8.90. The van der Waals surface area contributed by atoms with E-state index in [1.54, 1.807) is 7.11 Å². The Kier molecular flexibility index (Phi) is 7.91. The van der Waals surface area contributed by atoms with Gasteiger partial charge in [0, 0.05) is 19.2 Å². The molecule has 1 aliphatic rings. The minimum absolute atomic E-state index is 0.135. The van der Waals surface area contributed by atoms with Gasteiger partial charge in [0.25, 0.3) is 0 Å². The first-order chi connectivity index (χ1) is 9.13. The van der Waals surface area contributed by atoms with Gasteiger partial charge < -0.3 is 20.1 Å². The van der Waals surface area contributed by atoms with Gasteiger partial charge in [-0.1, -0.05) is 6.92 Å². The summed E-state index contributed by atoms with van der Waals surface area (Å²) in [4.78, 5) is 2.52. The van der Waals surface area contributed by atoms with Crippen LogP contribution in [-0.4, -0.2) is 62.0 Å². The first kappa shape index (κ1) is 16.9. The van der Waals surface area contributed by atoms with Gasteiger partial charge in [-0.15, -0.1) is 0 Å². The molecule has 4 heteroatoms. The minimum Gasteiger partial charge on any atom is -0.394 e.